The van der Waals surface area contributed by atoms with Gasteiger partial charge in [0.2, 0.25) is 0 Å². The van der Waals surface area contributed by atoms with Gasteiger partial charge in [-0.15, -0.1) is 6.58 Å². The normalized spacial score (nSPS) is 20.6. The van der Waals surface area contributed by atoms with Crippen LogP contribution < -0.4 is 5.32 Å². The van der Waals surface area contributed by atoms with Crippen LogP contribution in [0.4, 0.5) is 0 Å². The van der Waals surface area contributed by atoms with Crippen LogP contribution in [0.5, 0.6) is 0 Å². The van der Waals surface area contributed by atoms with Crippen LogP contribution in [-0.4, -0.2) is 23.8 Å². The lowest BCUT2D eigenvalue weighted by Gasteiger charge is -2.36. The summed E-state index contributed by atoms with van der Waals surface area (Å²) in [6, 6.07) is 0. The fraction of sp³-hybridized carbons (Fsp3) is 0.833. The van der Waals surface area contributed by atoms with Crippen LogP contribution in [0.1, 0.15) is 44.9 Å². The predicted molar refractivity (Wildman–Crippen MR) is 60.3 cm³/mol. The Labute approximate surface area is 87.4 Å². The van der Waals surface area contributed by atoms with Crippen molar-refractivity contribution in [1.82, 2.24) is 5.32 Å². The molecule has 1 rings (SSSR count). The summed E-state index contributed by atoms with van der Waals surface area (Å²) >= 11 is 0. The average Bonchev–Trinajstić information content (AvgIpc) is 2.26. The Hall–Kier alpha value is -0.340. The highest BCUT2D eigenvalue weighted by Crippen LogP contribution is 2.27. The van der Waals surface area contributed by atoms with Crippen molar-refractivity contribution in [2.24, 2.45) is 0 Å². The molecule has 1 aliphatic carbocycles. The van der Waals surface area contributed by atoms with Gasteiger partial charge in [-0.05, 0) is 32.2 Å². The van der Waals surface area contributed by atoms with E-state index >= 15 is 0 Å². The van der Waals surface area contributed by atoms with E-state index in [1.54, 1.807) is 0 Å². The maximum absolute atomic E-state index is 9.42. The molecule has 0 bridgehead atoms. The Kier molecular flexibility index (Phi) is 5.20. The van der Waals surface area contributed by atoms with Crippen LogP contribution in [0.15, 0.2) is 12.7 Å². The molecule has 0 amide bonds. The highest BCUT2D eigenvalue weighted by molar-refractivity contribution is 4.90. The molecule has 14 heavy (non-hydrogen) atoms. The fourth-order valence-electron chi connectivity index (χ4n) is 2.22. The van der Waals surface area contributed by atoms with Crippen LogP contribution >= 0.6 is 0 Å². The molecular formula is C12H23NO. The number of aliphatic hydroxyl groups is 1. The van der Waals surface area contributed by atoms with Crippen molar-refractivity contribution in [3.8, 4) is 0 Å². The Balaban J connectivity index is 2.25. The Bertz CT molecular complexity index is 162. The van der Waals surface area contributed by atoms with Crippen LogP contribution in [0.2, 0.25) is 0 Å². The molecule has 0 spiro atoms. The van der Waals surface area contributed by atoms with Crippen molar-refractivity contribution in [3.63, 3.8) is 0 Å². The van der Waals surface area contributed by atoms with E-state index in [2.05, 4.69) is 11.9 Å². The van der Waals surface area contributed by atoms with Crippen LogP contribution in [0.25, 0.3) is 0 Å². The molecule has 2 heteroatoms. The smallest absolute Gasteiger partial charge is 0.0613 e. The average molecular weight is 197 g/mol. The van der Waals surface area contributed by atoms with Crippen molar-refractivity contribution in [2.45, 2.75) is 50.5 Å². The Morgan fingerprint density at radius 2 is 2.00 bits per heavy atom. The van der Waals surface area contributed by atoms with Gasteiger partial charge < -0.3 is 10.4 Å². The van der Waals surface area contributed by atoms with E-state index in [1.807, 2.05) is 6.08 Å². The van der Waals surface area contributed by atoms with E-state index < -0.39 is 0 Å². The minimum Gasteiger partial charge on any atom is -0.394 e. The summed E-state index contributed by atoms with van der Waals surface area (Å²) in [5.41, 5.74) is 0.0411. The predicted octanol–water partition coefficient (Wildman–Crippen LogP) is 2.24. The minimum atomic E-state index is 0.0411. The standard InChI is InChI=1S/C12H23NO/c1-2-3-7-10-13-12(11-14)8-5-4-6-9-12/h2,13-14H,1,3-11H2. The Morgan fingerprint density at radius 1 is 1.29 bits per heavy atom. The molecule has 0 saturated heterocycles. The summed E-state index contributed by atoms with van der Waals surface area (Å²) in [5.74, 6) is 0. The van der Waals surface area contributed by atoms with Gasteiger partial charge in [0.15, 0.2) is 0 Å². The molecule has 0 aliphatic heterocycles. The summed E-state index contributed by atoms with van der Waals surface area (Å²) in [5, 5.41) is 12.9. The second-order valence-electron chi connectivity index (χ2n) is 4.36. The minimum absolute atomic E-state index is 0.0411. The lowest BCUT2D eigenvalue weighted by Crippen LogP contribution is -2.50. The fourth-order valence-corrected chi connectivity index (χ4v) is 2.22. The lowest BCUT2D eigenvalue weighted by atomic mass is 9.82. The quantitative estimate of drug-likeness (QED) is 0.505. The first-order valence-corrected chi connectivity index (χ1v) is 5.80. The number of rotatable bonds is 6. The van der Waals surface area contributed by atoms with Crippen molar-refractivity contribution in [3.05, 3.63) is 12.7 Å². The molecule has 0 atom stereocenters. The van der Waals surface area contributed by atoms with Gasteiger partial charge in [-0.25, -0.2) is 0 Å². The zero-order valence-electron chi connectivity index (χ0n) is 9.10. The number of allylic oxidation sites excluding steroid dienone is 1. The second-order valence-corrected chi connectivity index (χ2v) is 4.36. The van der Waals surface area contributed by atoms with Gasteiger partial charge in [-0.3, -0.25) is 0 Å². The number of hydrogen-bond donors (Lipinski definition) is 2. The molecule has 82 valence electrons. The Morgan fingerprint density at radius 3 is 2.57 bits per heavy atom. The lowest BCUT2D eigenvalue weighted by molar-refractivity contribution is 0.121. The molecule has 1 saturated carbocycles. The number of nitrogens with one attached hydrogen (secondary N) is 1. The van der Waals surface area contributed by atoms with E-state index in [4.69, 9.17) is 0 Å². The van der Waals surface area contributed by atoms with Crippen molar-refractivity contribution in [1.29, 1.82) is 0 Å². The first-order chi connectivity index (χ1) is 6.83. The number of unbranched alkanes of at least 4 members (excludes halogenated alkanes) is 1. The summed E-state index contributed by atoms with van der Waals surface area (Å²) in [6.07, 6.45) is 10.3. The van der Waals surface area contributed by atoms with Crippen LogP contribution in [-0.2, 0) is 0 Å². The summed E-state index contributed by atoms with van der Waals surface area (Å²) in [4.78, 5) is 0. The largest absolute Gasteiger partial charge is 0.394 e. The topological polar surface area (TPSA) is 32.3 Å². The molecule has 0 unspecified atom stereocenters. The summed E-state index contributed by atoms with van der Waals surface area (Å²) in [6.45, 7) is 5.00. The van der Waals surface area contributed by atoms with Crippen molar-refractivity contribution >= 4 is 0 Å². The van der Waals surface area contributed by atoms with Gasteiger partial charge in [0.25, 0.3) is 0 Å². The van der Waals surface area contributed by atoms with Gasteiger partial charge in [0.05, 0.1) is 6.61 Å². The van der Waals surface area contributed by atoms with Gasteiger partial charge in [0, 0.05) is 5.54 Å². The molecule has 0 aromatic rings. The molecule has 0 aromatic carbocycles. The molecular weight excluding hydrogens is 174 g/mol. The van der Waals surface area contributed by atoms with Gasteiger partial charge in [0.1, 0.15) is 0 Å². The maximum Gasteiger partial charge on any atom is 0.0613 e. The third-order valence-corrected chi connectivity index (χ3v) is 3.20. The number of hydrogen-bond acceptors (Lipinski definition) is 2. The summed E-state index contributed by atoms with van der Waals surface area (Å²) < 4.78 is 0. The molecule has 0 heterocycles. The van der Waals surface area contributed by atoms with E-state index in [9.17, 15) is 5.11 Å². The van der Waals surface area contributed by atoms with Gasteiger partial charge >= 0.3 is 0 Å². The zero-order chi connectivity index (χ0) is 10.3. The highest BCUT2D eigenvalue weighted by atomic mass is 16.3. The van der Waals surface area contributed by atoms with Crippen molar-refractivity contribution < 1.29 is 5.11 Å². The van der Waals surface area contributed by atoms with E-state index in [-0.39, 0.29) is 5.54 Å². The zero-order valence-corrected chi connectivity index (χ0v) is 9.10. The molecule has 1 aliphatic rings. The van der Waals surface area contributed by atoms with E-state index in [0.29, 0.717) is 6.61 Å². The van der Waals surface area contributed by atoms with Gasteiger partial charge in [-0.1, -0.05) is 25.3 Å². The van der Waals surface area contributed by atoms with Gasteiger partial charge in [-0.2, -0.15) is 0 Å². The van der Waals surface area contributed by atoms with E-state index in [1.165, 1.54) is 19.3 Å². The first kappa shape index (κ1) is 11.7. The monoisotopic (exact) mass is 197 g/mol. The highest BCUT2D eigenvalue weighted by Gasteiger charge is 2.29. The first-order valence-electron chi connectivity index (χ1n) is 5.80. The molecule has 1 fully saturated rings. The molecule has 2 nitrogen and oxygen atoms in total. The van der Waals surface area contributed by atoms with Crippen LogP contribution in [0.3, 0.4) is 0 Å². The van der Waals surface area contributed by atoms with E-state index in [0.717, 1.165) is 32.2 Å². The molecule has 2 N–H and O–H groups in total. The number of aliphatic hydroxyl groups excluding tert-OH is 1. The third-order valence-electron chi connectivity index (χ3n) is 3.20. The van der Waals surface area contributed by atoms with Crippen LogP contribution in [0, 0.1) is 0 Å². The second kappa shape index (κ2) is 6.20. The SMILES string of the molecule is C=CCCCNC1(CO)CCCCC1. The molecule has 0 aromatic heterocycles. The maximum atomic E-state index is 9.42. The third kappa shape index (κ3) is 3.43. The molecule has 0 radical (unpaired) electrons. The van der Waals surface area contributed by atoms with Crippen molar-refractivity contribution in [2.75, 3.05) is 13.2 Å². The summed E-state index contributed by atoms with van der Waals surface area (Å²) in [7, 11) is 0.